The Balaban J connectivity index is 2.75. The smallest absolute Gasteiger partial charge is 0.179 e. The maximum atomic E-state index is 4.21. The first-order valence-corrected chi connectivity index (χ1v) is 4.53. The molecule has 1 unspecified atom stereocenters. The van der Waals surface area contributed by atoms with Crippen molar-refractivity contribution in [2.75, 3.05) is 13.6 Å². The van der Waals surface area contributed by atoms with Gasteiger partial charge in [0.25, 0.3) is 0 Å². The van der Waals surface area contributed by atoms with Crippen molar-refractivity contribution in [2.45, 2.75) is 19.8 Å². The first-order chi connectivity index (χ1) is 6.15. The van der Waals surface area contributed by atoms with E-state index in [0.29, 0.717) is 11.8 Å². The molecule has 0 aromatic carbocycles. The molecule has 1 atom stereocenters. The molecular weight excluding hydrogens is 166 g/mol. The van der Waals surface area contributed by atoms with E-state index in [0.717, 1.165) is 12.4 Å². The lowest BCUT2D eigenvalue weighted by Gasteiger charge is -2.15. The van der Waals surface area contributed by atoms with Crippen LogP contribution >= 0.6 is 0 Å². The van der Waals surface area contributed by atoms with Gasteiger partial charge in [-0.05, 0) is 18.2 Å². The number of nitrogens with one attached hydrogen (secondary N) is 1. The highest BCUT2D eigenvalue weighted by molar-refractivity contribution is 4.94. The fourth-order valence-electron chi connectivity index (χ4n) is 1.29. The minimum atomic E-state index is 0.346. The van der Waals surface area contributed by atoms with Crippen LogP contribution in [0.25, 0.3) is 0 Å². The number of aromatic nitrogens is 4. The molecular formula is C8H17N5. The Morgan fingerprint density at radius 2 is 2.15 bits per heavy atom. The third-order valence-electron chi connectivity index (χ3n) is 2.08. The summed E-state index contributed by atoms with van der Waals surface area (Å²) in [5.74, 6) is 1.70. The summed E-state index contributed by atoms with van der Waals surface area (Å²) in [5.41, 5.74) is 0. The van der Waals surface area contributed by atoms with Gasteiger partial charge in [0.15, 0.2) is 5.82 Å². The molecule has 5 heteroatoms. The van der Waals surface area contributed by atoms with Crippen LogP contribution in [0, 0.1) is 5.92 Å². The summed E-state index contributed by atoms with van der Waals surface area (Å²) in [6.07, 6.45) is 0. The molecule has 0 aliphatic rings. The zero-order valence-electron chi connectivity index (χ0n) is 8.65. The van der Waals surface area contributed by atoms with Crippen molar-refractivity contribution < 1.29 is 0 Å². The van der Waals surface area contributed by atoms with Crippen LogP contribution in [-0.2, 0) is 7.05 Å². The monoisotopic (exact) mass is 183 g/mol. The summed E-state index contributed by atoms with van der Waals surface area (Å²) in [5, 5.41) is 15.2. The van der Waals surface area contributed by atoms with E-state index >= 15 is 0 Å². The lowest BCUT2D eigenvalue weighted by atomic mass is 9.95. The second-order valence-electron chi connectivity index (χ2n) is 3.55. The van der Waals surface area contributed by atoms with Crippen molar-refractivity contribution in [1.29, 1.82) is 0 Å². The fourth-order valence-corrected chi connectivity index (χ4v) is 1.29. The van der Waals surface area contributed by atoms with E-state index in [1.54, 1.807) is 7.05 Å². The van der Waals surface area contributed by atoms with E-state index in [9.17, 15) is 0 Å². The zero-order valence-corrected chi connectivity index (χ0v) is 8.65. The molecule has 1 N–H and O–H groups in total. The largest absolute Gasteiger partial charge is 0.319 e. The number of nitrogens with zero attached hydrogens (tertiary/aromatic N) is 4. The first-order valence-electron chi connectivity index (χ1n) is 4.53. The molecule has 0 amide bonds. The molecule has 0 aliphatic heterocycles. The van der Waals surface area contributed by atoms with E-state index < -0.39 is 0 Å². The standard InChI is InChI=1S/C8H17N5/c1-6(2)7(5-9-3)8-10-12-13(4)11-8/h6-7,9H,5H2,1-4H3. The van der Waals surface area contributed by atoms with Crippen LogP contribution in [0.2, 0.25) is 0 Å². The van der Waals surface area contributed by atoms with Crippen LogP contribution in [0.3, 0.4) is 0 Å². The van der Waals surface area contributed by atoms with Crippen molar-refractivity contribution in [2.24, 2.45) is 13.0 Å². The van der Waals surface area contributed by atoms with Crippen LogP contribution in [0.4, 0.5) is 0 Å². The Morgan fingerprint density at radius 1 is 1.46 bits per heavy atom. The van der Waals surface area contributed by atoms with Crippen molar-refractivity contribution >= 4 is 0 Å². The summed E-state index contributed by atoms with van der Waals surface area (Å²) in [4.78, 5) is 1.50. The average Bonchev–Trinajstić information content (AvgIpc) is 2.46. The number of tetrazole rings is 1. The number of hydrogen-bond donors (Lipinski definition) is 1. The SMILES string of the molecule is CNCC(c1nnn(C)n1)C(C)C. The highest BCUT2D eigenvalue weighted by Gasteiger charge is 2.19. The number of rotatable bonds is 4. The summed E-state index contributed by atoms with van der Waals surface area (Å²) in [6, 6.07) is 0. The topological polar surface area (TPSA) is 55.6 Å². The highest BCUT2D eigenvalue weighted by Crippen LogP contribution is 2.18. The molecule has 0 bridgehead atoms. The van der Waals surface area contributed by atoms with Crippen LogP contribution < -0.4 is 5.32 Å². The normalized spacial score (nSPS) is 13.6. The van der Waals surface area contributed by atoms with Gasteiger partial charge in [-0.2, -0.15) is 4.80 Å². The van der Waals surface area contributed by atoms with Crippen LogP contribution in [-0.4, -0.2) is 33.8 Å². The lowest BCUT2D eigenvalue weighted by molar-refractivity contribution is 0.456. The van der Waals surface area contributed by atoms with Crippen LogP contribution in [0.1, 0.15) is 25.6 Å². The van der Waals surface area contributed by atoms with Gasteiger partial charge in [-0.25, -0.2) is 0 Å². The maximum Gasteiger partial charge on any atom is 0.179 e. The molecule has 5 nitrogen and oxygen atoms in total. The number of likely N-dealkylation sites (N-methyl/N-ethyl adjacent to an activating group) is 1. The van der Waals surface area contributed by atoms with Gasteiger partial charge in [-0.3, -0.25) is 0 Å². The van der Waals surface area contributed by atoms with E-state index in [1.807, 2.05) is 7.05 Å². The van der Waals surface area contributed by atoms with Crippen molar-refractivity contribution in [1.82, 2.24) is 25.5 Å². The maximum absolute atomic E-state index is 4.21. The van der Waals surface area contributed by atoms with Gasteiger partial charge < -0.3 is 5.32 Å². The Kier molecular flexibility index (Phi) is 3.36. The highest BCUT2D eigenvalue weighted by atomic mass is 15.6. The minimum Gasteiger partial charge on any atom is -0.319 e. The summed E-state index contributed by atoms with van der Waals surface area (Å²) < 4.78 is 0. The molecule has 1 aromatic heterocycles. The quantitative estimate of drug-likeness (QED) is 0.723. The molecule has 13 heavy (non-hydrogen) atoms. The lowest BCUT2D eigenvalue weighted by Crippen LogP contribution is -2.22. The predicted molar refractivity (Wildman–Crippen MR) is 50.3 cm³/mol. The van der Waals surface area contributed by atoms with Crippen molar-refractivity contribution in [3.8, 4) is 0 Å². The molecule has 74 valence electrons. The molecule has 0 saturated carbocycles. The van der Waals surface area contributed by atoms with Gasteiger partial charge in [0.1, 0.15) is 0 Å². The third-order valence-corrected chi connectivity index (χ3v) is 2.08. The third kappa shape index (κ3) is 2.48. The molecule has 0 aliphatic carbocycles. The van der Waals surface area contributed by atoms with Crippen LogP contribution in [0.15, 0.2) is 0 Å². The minimum absolute atomic E-state index is 0.346. The molecule has 0 fully saturated rings. The second kappa shape index (κ2) is 4.32. The van der Waals surface area contributed by atoms with Gasteiger partial charge in [0, 0.05) is 12.5 Å². The summed E-state index contributed by atoms with van der Waals surface area (Å²) in [6.45, 7) is 5.22. The average molecular weight is 183 g/mol. The van der Waals surface area contributed by atoms with E-state index in [-0.39, 0.29) is 0 Å². The van der Waals surface area contributed by atoms with Crippen molar-refractivity contribution in [3.05, 3.63) is 5.82 Å². The van der Waals surface area contributed by atoms with Gasteiger partial charge in [-0.15, -0.1) is 10.2 Å². The predicted octanol–water partition coefficient (Wildman–Crippen LogP) is 0.169. The van der Waals surface area contributed by atoms with Gasteiger partial charge in [0.05, 0.1) is 7.05 Å². The summed E-state index contributed by atoms with van der Waals surface area (Å²) >= 11 is 0. The Morgan fingerprint density at radius 3 is 2.54 bits per heavy atom. The molecule has 0 saturated heterocycles. The first kappa shape index (κ1) is 10.1. The van der Waals surface area contributed by atoms with Gasteiger partial charge in [-0.1, -0.05) is 13.8 Å². The van der Waals surface area contributed by atoms with E-state index in [1.165, 1.54) is 4.80 Å². The van der Waals surface area contributed by atoms with Gasteiger partial charge in [0.2, 0.25) is 0 Å². The second-order valence-corrected chi connectivity index (χ2v) is 3.55. The fraction of sp³-hybridized carbons (Fsp3) is 0.875. The molecule has 1 aromatic rings. The van der Waals surface area contributed by atoms with Gasteiger partial charge >= 0.3 is 0 Å². The Hall–Kier alpha value is -0.970. The summed E-state index contributed by atoms with van der Waals surface area (Å²) in [7, 11) is 3.72. The Bertz CT molecular complexity index is 255. The van der Waals surface area contributed by atoms with Crippen molar-refractivity contribution in [3.63, 3.8) is 0 Å². The molecule has 1 rings (SSSR count). The molecule has 1 heterocycles. The van der Waals surface area contributed by atoms with E-state index in [2.05, 4.69) is 34.6 Å². The number of aryl methyl sites for hydroxylation is 1. The molecule has 0 spiro atoms. The zero-order chi connectivity index (χ0) is 9.84. The van der Waals surface area contributed by atoms with E-state index in [4.69, 9.17) is 0 Å². The Labute approximate surface area is 78.5 Å². The number of hydrogen-bond acceptors (Lipinski definition) is 4. The van der Waals surface area contributed by atoms with Crippen LogP contribution in [0.5, 0.6) is 0 Å². The molecule has 0 radical (unpaired) electrons.